The van der Waals surface area contributed by atoms with Gasteiger partial charge in [0, 0.05) is 4.90 Å². The minimum absolute atomic E-state index is 0.295. The van der Waals surface area contributed by atoms with Gasteiger partial charge < -0.3 is 9.47 Å². The molecule has 2 unspecified atom stereocenters. The zero-order valence-electron chi connectivity index (χ0n) is 10.1. The first kappa shape index (κ1) is 13.7. The molecule has 1 rings (SSSR count). The molecule has 17 heavy (non-hydrogen) atoms. The van der Waals surface area contributed by atoms with E-state index in [1.807, 2.05) is 0 Å². The summed E-state index contributed by atoms with van der Waals surface area (Å²) in [7, 11) is 0.163. The summed E-state index contributed by atoms with van der Waals surface area (Å²) in [5.41, 5.74) is 0. The average molecular weight is 256 g/mol. The second-order valence-electron chi connectivity index (χ2n) is 3.37. The van der Waals surface area contributed by atoms with Crippen LogP contribution in [0, 0.1) is 0 Å². The molecule has 0 spiro atoms. The molecule has 0 aliphatic heterocycles. The van der Waals surface area contributed by atoms with E-state index in [2.05, 4.69) is 0 Å². The van der Waals surface area contributed by atoms with Gasteiger partial charge in [0.05, 0.1) is 24.5 Å². The summed E-state index contributed by atoms with van der Waals surface area (Å²) in [6.45, 7) is 3.61. The van der Waals surface area contributed by atoms with Crippen molar-refractivity contribution in [3.8, 4) is 5.75 Å². The van der Waals surface area contributed by atoms with Gasteiger partial charge in [0.1, 0.15) is 11.0 Å². The Balaban J connectivity index is 2.77. The Morgan fingerprint density at radius 1 is 1.35 bits per heavy atom. The number of ether oxygens (including phenoxy) is 2. The lowest BCUT2D eigenvalue weighted by molar-refractivity contribution is -0.142. The number of rotatable bonds is 5. The zero-order valence-corrected chi connectivity index (χ0v) is 11.0. The minimum atomic E-state index is -1.40. The maximum atomic E-state index is 12.0. The molecule has 94 valence electrons. The Hall–Kier alpha value is -1.36. The molecule has 0 saturated heterocycles. The van der Waals surface area contributed by atoms with Crippen LogP contribution in [-0.4, -0.2) is 29.1 Å². The van der Waals surface area contributed by atoms with Gasteiger partial charge >= 0.3 is 5.97 Å². The first-order valence-electron chi connectivity index (χ1n) is 5.31. The lowest BCUT2D eigenvalue weighted by Crippen LogP contribution is -2.25. The third-order valence-corrected chi connectivity index (χ3v) is 3.80. The van der Waals surface area contributed by atoms with Gasteiger partial charge in [-0.1, -0.05) is 0 Å². The van der Waals surface area contributed by atoms with Crippen LogP contribution in [0.4, 0.5) is 0 Å². The monoisotopic (exact) mass is 256 g/mol. The highest BCUT2D eigenvalue weighted by molar-refractivity contribution is 7.86. The number of benzene rings is 1. The van der Waals surface area contributed by atoms with E-state index in [-0.39, 0.29) is 0 Å². The number of carbonyl (C=O) groups is 1. The predicted octanol–water partition coefficient (Wildman–Crippen LogP) is 1.75. The van der Waals surface area contributed by atoms with Crippen molar-refractivity contribution in [2.24, 2.45) is 0 Å². The Kier molecular flexibility index (Phi) is 5.15. The van der Waals surface area contributed by atoms with Crippen molar-refractivity contribution >= 4 is 16.8 Å². The summed E-state index contributed by atoms with van der Waals surface area (Å²) in [5.74, 6) is 0.246. The third kappa shape index (κ3) is 3.56. The van der Waals surface area contributed by atoms with Crippen LogP contribution in [0.25, 0.3) is 0 Å². The summed E-state index contributed by atoms with van der Waals surface area (Å²) in [6, 6.07) is 6.80. The Morgan fingerprint density at radius 3 is 2.41 bits per heavy atom. The second kappa shape index (κ2) is 6.39. The second-order valence-corrected chi connectivity index (χ2v) is 5.14. The Labute approximate surface area is 103 Å². The fourth-order valence-electron chi connectivity index (χ4n) is 1.26. The van der Waals surface area contributed by atoms with Crippen LogP contribution in [0.15, 0.2) is 29.2 Å². The lowest BCUT2D eigenvalue weighted by Gasteiger charge is -2.10. The normalized spacial score (nSPS) is 13.8. The first-order valence-corrected chi connectivity index (χ1v) is 6.52. The maximum Gasteiger partial charge on any atom is 0.321 e. The molecule has 4 nitrogen and oxygen atoms in total. The number of methoxy groups -OCH3 is 1. The van der Waals surface area contributed by atoms with Crippen LogP contribution in [0.2, 0.25) is 0 Å². The van der Waals surface area contributed by atoms with Crippen molar-refractivity contribution in [1.82, 2.24) is 0 Å². The standard InChI is InChI=1S/C12H16O4S/c1-4-16-12(13)9(2)17(14)11-7-5-10(15-3)6-8-11/h5-9H,4H2,1-3H3. The van der Waals surface area contributed by atoms with E-state index < -0.39 is 22.0 Å². The Morgan fingerprint density at radius 2 is 1.94 bits per heavy atom. The molecule has 0 aliphatic rings. The van der Waals surface area contributed by atoms with Crippen molar-refractivity contribution in [3.05, 3.63) is 24.3 Å². The van der Waals surface area contributed by atoms with E-state index in [0.29, 0.717) is 17.3 Å². The summed E-state index contributed by atoms with van der Waals surface area (Å²) in [6.07, 6.45) is 0. The van der Waals surface area contributed by atoms with E-state index in [9.17, 15) is 9.00 Å². The van der Waals surface area contributed by atoms with Crippen molar-refractivity contribution in [3.63, 3.8) is 0 Å². The highest BCUT2D eigenvalue weighted by atomic mass is 32.2. The summed E-state index contributed by atoms with van der Waals surface area (Å²) >= 11 is 0. The van der Waals surface area contributed by atoms with Gasteiger partial charge in [-0.3, -0.25) is 9.00 Å². The highest BCUT2D eigenvalue weighted by Crippen LogP contribution is 2.17. The van der Waals surface area contributed by atoms with Gasteiger partial charge in [-0.2, -0.15) is 0 Å². The molecule has 0 aromatic heterocycles. The lowest BCUT2D eigenvalue weighted by atomic mass is 10.3. The van der Waals surface area contributed by atoms with E-state index in [1.54, 1.807) is 45.2 Å². The predicted molar refractivity (Wildman–Crippen MR) is 65.5 cm³/mol. The minimum Gasteiger partial charge on any atom is -0.497 e. The highest BCUT2D eigenvalue weighted by Gasteiger charge is 2.22. The molecule has 0 bridgehead atoms. The average Bonchev–Trinajstić information content (AvgIpc) is 2.37. The summed E-state index contributed by atoms with van der Waals surface area (Å²) < 4.78 is 21.9. The van der Waals surface area contributed by atoms with Crippen molar-refractivity contribution in [2.75, 3.05) is 13.7 Å². The van der Waals surface area contributed by atoms with E-state index in [1.165, 1.54) is 0 Å². The van der Waals surface area contributed by atoms with Gasteiger partial charge in [-0.05, 0) is 38.1 Å². The molecular formula is C12H16O4S. The quantitative estimate of drug-likeness (QED) is 0.753. The molecule has 0 N–H and O–H groups in total. The van der Waals surface area contributed by atoms with Gasteiger partial charge in [-0.15, -0.1) is 0 Å². The van der Waals surface area contributed by atoms with Crippen LogP contribution in [0.3, 0.4) is 0 Å². The molecule has 1 aromatic rings. The smallest absolute Gasteiger partial charge is 0.321 e. The van der Waals surface area contributed by atoms with Crippen molar-refractivity contribution < 1.29 is 18.5 Å². The fourth-order valence-corrected chi connectivity index (χ4v) is 2.32. The van der Waals surface area contributed by atoms with Gasteiger partial charge in [-0.25, -0.2) is 0 Å². The zero-order chi connectivity index (χ0) is 12.8. The van der Waals surface area contributed by atoms with Gasteiger partial charge in [0.15, 0.2) is 0 Å². The molecule has 5 heteroatoms. The fraction of sp³-hybridized carbons (Fsp3) is 0.417. The number of hydrogen-bond acceptors (Lipinski definition) is 4. The Bertz CT molecular complexity index is 399. The number of carbonyl (C=O) groups excluding carboxylic acids is 1. The molecule has 1 aromatic carbocycles. The van der Waals surface area contributed by atoms with E-state index in [0.717, 1.165) is 0 Å². The molecule has 2 atom stereocenters. The molecule has 0 saturated carbocycles. The molecule has 0 radical (unpaired) electrons. The van der Waals surface area contributed by atoms with Gasteiger partial charge in [0.25, 0.3) is 0 Å². The van der Waals surface area contributed by atoms with E-state index >= 15 is 0 Å². The maximum absolute atomic E-state index is 12.0. The van der Waals surface area contributed by atoms with Crippen LogP contribution >= 0.6 is 0 Å². The topological polar surface area (TPSA) is 52.6 Å². The first-order chi connectivity index (χ1) is 8.10. The SMILES string of the molecule is CCOC(=O)C(C)S(=O)c1ccc(OC)cc1. The largest absolute Gasteiger partial charge is 0.497 e. The number of esters is 1. The van der Waals surface area contributed by atoms with E-state index in [4.69, 9.17) is 9.47 Å². The number of hydrogen-bond donors (Lipinski definition) is 0. The van der Waals surface area contributed by atoms with Crippen LogP contribution in [0.5, 0.6) is 5.75 Å². The van der Waals surface area contributed by atoms with Crippen molar-refractivity contribution in [1.29, 1.82) is 0 Å². The molecule has 0 heterocycles. The molecule has 0 aliphatic carbocycles. The summed E-state index contributed by atoms with van der Waals surface area (Å²) in [5, 5.41) is -0.664. The van der Waals surface area contributed by atoms with Crippen LogP contribution < -0.4 is 4.74 Å². The third-order valence-electron chi connectivity index (χ3n) is 2.23. The van der Waals surface area contributed by atoms with Gasteiger partial charge in [0.2, 0.25) is 0 Å². The molecule has 0 fully saturated rings. The van der Waals surface area contributed by atoms with Crippen LogP contribution in [0.1, 0.15) is 13.8 Å². The van der Waals surface area contributed by atoms with Crippen molar-refractivity contribution in [2.45, 2.75) is 24.0 Å². The molecular weight excluding hydrogens is 240 g/mol. The molecule has 0 amide bonds. The van der Waals surface area contributed by atoms with Crippen LogP contribution in [-0.2, 0) is 20.3 Å². The summed E-state index contributed by atoms with van der Waals surface area (Å²) in [4.78, 5) is 12.0.